The third-order valence-electron chi connectivity index (χ3n) is 3.59. The predicted molar refractivity (Wildman–Crippen MR) is 73.3 cm³/mol. The van der Waals surface area contributed by atoms with Gasteiger partial charge in [-0.1, -0.05) is 0 Å². The number of carbonyl (C=O) groups is 1. The van der Waals surface area contributed by atoms with Crippen molar-refractivity contribution in [3.05, 3.63) is 28.5 Å². The van der Waals surface area contributed by atoms with Gasteiger partial charge in [0.1, 0.15) is 0 Å². The van der Waals surface area contributed by atoms with E-state index in [9.17, 15) is 4.79 Å². The van der Waals surface area contributed by atoms with Gasteiger partial charge in [0.2, 0.25) is 0 Å². The highest BCUT2D eigenvalue weighted by Crippen LogP contribution is 2.34. The van der Waals surface area contributed by atoms with Crippen LogP contribution in [0.5, 0.6) is 0 Å². The predicted octanol–water partition coefficient (Wildman–Crippen LogP) is 3.11. The lowest BCUT2D eigenvalue weighted by atomic mass is 10.2. The SMILES string of the molecule is O=C(c1cncc(Br)c1)N(CC1CC1)CC1CC1. The van der Waals surface area contributed by atoms with E-state index in [1.165, 1.54) is 25.7 Å². The number of aromatic nitrogens is 1. The number of halogens is 1. The Morgan fingerprint density at radius 3 is 2.33 bits per heavy atom. The minimum absolute atomic E-state index is 0.141. The number of pyridine rings is 1. The topological polar surface area (TPSA) is 33.2 Å². The maximum Gasteiger partial charge on any atom is 0.255 e. The van der Waals surface area contributed by atoms with Gasteiger partial charge < -0.3 is 4.90 Å². The van der Waals surface area contributed by atoms with Crippen molar-refractivity contribution in [1.29, 1.82) is 0 Å². The van der Waals surface area contributed by atoms with E-state index in [0.717, 1.165) is 29.4 Å². The fourth-order valence-corrected chi connectivity index (χ4v) is 2.54. The first-order valence-electron chi connectivity index (χ1n) is 6.62. The summed E-state index contributed by atoms with van der Waals surface area (Å²) in [5.41, 5.74) is 0.700. The number of carbonyl (C=O) groups excluding carboxylic acids is 1. The van der Waals surface area contributed by atoms with Gasteiger partial charge >= 0.3 is 0 Å². The summed E-state index contributed by atoms with van der Waals surface area (Å²) in [4.78, 5) is 18.6. The molecule has 3 nitrogen and oxygen atoms in total. The highest BCUT2D eigenvalue weighted by Gasteiger charge is 2.31. The fraction of sp³-hybridized carbons (Fsp3) is 0.571. The van der Waals surface area contributed by atoms with Gasteiger partial charge in [-0.05, 0) is 59.5 Å². The summed E-state index contributed by atoms with van der Waals surface area (Å²) in [7, 11) is 0. The van der Waals surface area contributed by atoms with Gasteiger partial charge in [0, 0.05) is 30.0 Å². The van der Waals surface area contributed by atoms with E-state index >= 15 is 0 Å². The Hall–Kier alpha value is -0.900. The van der Waals surface area contributed by atoms with Gasteiger partial charge in [0.05, 0.1) is 5.56 Å². The Labute approximate surface area is 116 Å². The van der Waals surface area contributed by atoms with Gasteiger partial charge in [-0.3, -0.25) is 9.78 Å². The first-order valence-corrected chi connectivity index (χ1v) is 7.41. The van der Waals surface area contributed by atoms with Gasteiger partial charge in [0.15, 0.2) is 0 Å². The summed E-state index contributed by atoms with van der Waals surface area (Å²) < 4.78 is 0.867. The molecule has 0 aliphatic heterocycles. The van der Waals surface area contributed by atoms with Crippen molar-refractivity contribution < 1.29 is 4.79 Å². The van der Waals surface area contributed by atoms with Crippen molar-refractivity contribution in [2.24, 2.45) is 11.8 Å². The molecule has 0 unspecified atom stereocenters. The van der Waals surface area contributed by atoms with Crippen molar-refractivity contribution in [3.63, 3.8) is 0 Å². The number of hydrogen-bond donors (Lipinski definition) is 0. The Morgan fingerprint density at radius 1 is 1.22 bits per heavy atom. The van der Waals surface area contributed by atoms with Crippen LogP contribution in [0.1, 0.15) is 36.0 Å². The Morgan fingerprint density at radius 2 is 1.83 bits per heavy atom. The second-order valence-electron chi connectivity index (χ2n) is 5.49. The molecule has 1 amide bonds. The molecule has 1 aromatic heterocycles. The van der Waals surface area contributed by atoms with Crippen LogP contribution in [-0.2, 0) is 0 Å². The van der Waals surface area contributed by atoms with Crippen molar-refractivity contribution in [1.82, 2.24) is 9.88 Å². The van der Waals surface area contributed by atoms with E-state index in [1.807, 2.05) is 11.0 Å². The van der Waals surface area contributed by atoms with Gasteiger partial charge in [-0.2, -0.15) is 0 Å². The van der Waals surface area contributed by atoms with Crippen molar-refractivity contribution >= 4 is 21.8 Å². The summed E-state index contributed by atoms with van der Waals surface area (Å²) in [6, 6.07) is 1.86. The van der Waals surface area contributed by atoms with E-state index in [4.69, 9.17) is 0 Å². The molecule has 96 valence electrons. The molecule has 1 aromatic rings. The molecule has 2 saturated carbocycles. The third kappa shape index (κ3) is 3.10. The second-order valence-corrected chi connectivity index (χ2v) is 6.40. The highest BCUT2D eigenvalue weighted by atomic mass is 79.9. The molecule has 0 saturated heterocycles. The lowest BCUT2D eigenvalue weighted by Gasteiger charge is -2.22. The summed E-state index contributed by atoms with van der Waals surface area (Å²) in [6.45, 7) is 1.86. The van der Waals surface area contributed by atoms with Crippen molar-refractivity contribution in [2.75, 3.05) is 13.1 Å². The number of amides is 1. The largest absolute Gasteiger partial charge is 0.338 e. The van der Waals surface area contributed by atoms with Crippen LogP contribution in [0.4, 0.5) is 0 Å². The Kier molecular flexibility index (Phi) is 3.37. The molecule has 2 aliphatic carbocycles. The molecule has 0 spiro atoms. The number of rotatable bonds is 5. The van der Waals surface area contributed by atoms with E-state index in [2.05, 4.69) is 20.9 Å². The third-order valence-corrected chi connectivity index (χ3v) is 4.02. The van der Waals surface area contributed by atoms with Crippen LogP contribution in [0.2, 0.25) is 0 Å². The van der Waals surface area contributed by atoms with Crippen molar-refractivity contribution in [3.8, 4) is 0 Å². The zero-order valence-corrected chi connectivity index (χ0v) is 11.9. The van der Waals surface area contributed by atoms with Crippen LogP contribution in [0.15, 0.2) is 22.9 Å². The van der Waals surface area contributed by atoms with Gasteiger partial charge in [-0.15, -0.1) is 0 Å². The van der Waals surface area contributed by atoms with Gasteiger partial charge in [-0.25, -0.2) is 0 Å². The lowest BCUT2D eigenvalue weighted by molar-refractivity contribution is 0.0739. The zero-order chi connectivity index (χ0) is 12.5. The number of hydrogen-bond acceptors (Lipinski definition) is 2. The van der Waals surface area contributed by atoms with Crippen LogP contribution < -0.4 is 0 Å². The molecule has 0 N–H and O–H groups in total. The minimum atomic E-state index is 0.141. The molecule has 0 bridgehead atoms. The van der Waals surface area contributed by atoms with E-state index in [1.54, 1.807) is 12.4 Å². The molecular weight excluding hydrogens is 292 g/mol. The average molecular weight is 309 g/mol. The molecule has 1 heterocycles. The standard InChI is InChI=1S/C14H17BrN2O/c15-13-5-12(6-16-7-13)14(18)17(8-10-1-2-10)9-11-3-4-11/h5-7,10-11H,1-4,8-9H2. The molecule has 4 heteroatoms. The Bertz CT molecular complexity index is 441. The molecule has 3 rings (SSSR count). The molecule has 2 aliphatic rings. The summed E-state index contributed by atoms with van der Waals surface area (Å²) in [5.74, 6) is 1.63. The molecular formula is C14H17BrN2O. The smallest absolute Gasteiger partial charge is 0.255 e. The lowest BCUT2D eigenvalue weighted by Crippen LogP contribution is -2.34. The minimum Gasteiger partial charge on any atom is -0.338 e. The summed E-state index contributed by atoms with van der Waals surface area (Å²) >= 11 is 3.37. The first kappa shape index (κ1) is 12.2. The van der Waals surface area contributed by atoms with Crippen LogP contribution in [0.25, 0.3) is 0 Å². The summed E-state index contributed by atoms with van der Waals surface area (Å²) in [6.07, 6.45) is 8.51. The Balaban J connectivity index is 1.72. The highest BCUT2D eigenvalue weighted by molar-refractivity contribution is 9.10. The quantitative estimate of drug-likeness (QED) is 0.837. The van der Waals surface area contributed by atoms with Crippen LogP contribution in [0.3, 0.4) is 0 Å². The molecule has 18 heavy (non-hydrogen) atoms. The molecule has 0 aromatic carbocycles. The number of nitrogens with zero attached hydrogens (tertiary/aromatic N) is 2. The second kappa shape index (κ2) is 5.00. The van der Waals surface area contributed by atoms with Crippen LogP contribution in [-0.4, -0.2) is 28.9 Å². The van der Waals surface area contributed by atoms with E-state index in [0.29, 0.717) is 5.56 Å². The maximum absolute atomic E-state index is 12.5. The van der Waals surface area contributed by atoms with E-state index < -0.39 is 0 Å². The average Bonchev–Trinajstić information content (AvgIpc) is 3.22. The van der Waals surface area contributed by atoms with E-state index in [-0.39, 0.29) is 5.91 Å². The zero-order valence-electron chi connectivity index (χ0n) is 10.3. The summed E-state index contributed by atoms with van der Waals surface area (Å²) in [5, 5.41) is 0. The van der Waals surface area contributed by atoms with Crippen LogP contribution in [0, 0.1) is 11.8 Å². The molecule has 0 radical (unpaired) electrons. The van der Waals surface area contributed by atoms with Crippen LogP contribution >= 0.6 is 15.9 Å². The molecule has 0 atom stereocenters. The van der Waals surface area contributed by atoms with Gasteiger partial charge in [0.25, 0.3) is 5.91 Å². The molecule has 2 fully saturated rings. The monoisotopic (exact) mass is 308 g/mol. The normalized spacial score (nSPS) is 18.7. The first-order chi connectivity index (χ1) is 8.72. The maximum atomic E-state index is 12.5. The van der Waals surface area contributed by atoms with Crippen molar-refractivity contribution in [2.45, 2.75) is 25.7 Å². The fourth-order valence-electron chi connectivity index (χ4n) is 2.18.